The quantitative estimate of drug-likeness (QED) is 0.401. The fraction of sp³-hybridized carbons (Fsp3) is 0.400. The standard InChI is InChI=1S/C20H22F3N5O3S/c1-3-24-28(19(32)27-10-8-13(9-11-27)18(30)31)17-16(29)15(26(2)25-17)12-4-6-14(7-5-12)20(21,22)23/h3-7,13,29H,8-11H2,1-2H3,(H,30,31). The molecule has 1 aromatic heterocycles. The molecule has 0 saturated carbocycles. The van der Waals surface area contributed by atoms with Crippen molar-refractivity contribution >= 4 is 35.3 Å². The van der Waals surface area contributed by atoms with Crippen molar-refractivity contribution in [2.75, 3.05) is 18.1 Å². The molecule has 12 heteroatoms. The SMILES string of the molecule is CC=NN(C(=S)N1CCC(C(=O)O)CC1)c1nn(C)c(-c2ccc(C(F)(F)F)cc2)c1O. The van der Waals surface area contributed by atoms with Gasteiger partial charge in [-0.05, 0) is 44.1 Å². The number of anilines is 1. The van der Waals surface area contributed by atoms with Crippen LogP contribution in [0, 0.1) is 5.92 Å². The van der Waals surface area contributed by atoms with Gasteiger partial charge < -0.3 is 15.1 Å². The van der Waals surface area contributed by atoms with Crippen LogP contribution in [0.2, 0.25) is 0 Å². The molecule has 2 N–H and O–H groups in total. The highest BCUT2D eigenvalue weighted by atomic mass is 32.1. The Bertz CT molecular complexity index is 1030. The van der Waals surface area contributed by atoms with E-state index in [0.29, 0.717) is 31.5 Å². The van der Waals surface area contributed by atoms with Crippen molar-refractivity contribution in [3.8, 4) is 17.0 Å². The zero-order valence-electron chi connectivity index (χ0n) is 17.4. The number of aliphatic carboxylic acids is 1. The Labute approximate surface area is 187 Å². The number of aryl methyl sites for hydroxylation is 1. The summed E-state index contributed by atoms with van der Waals surface area (Å²) in [4.78, 5) is 13.0. The third-order valence-electron chi connectivity index (χ3n) is 5.22. The highest BCUT2D eigenvalue weighted by Crippen LogP contribution is 2.39. The molecule has 32 heavy (non-hydrogen) atoms. The predicted molar refractivity (Wildman–Crippen MR) is 116 cm³/mol. The van der Waals surface area contributed by atoms with Crippen molar-refractivity contribution in [2.45, 2.75) is 25.9 Å². The fourth-order valence-corrected chi connectivity index (χ4v) is 3.86. The van der Waals surface area contributed by atoms with E-state index in [1.54, 1.807) is 18.9 Å². The molecule has 0 aliphatic carbocycles. The van der Waals surface area contributed by atoms with Crippen molar-refractivity contribution in [3.05, 3.63) is 29.8 Å². The summed E-state index contributed by atoms with van der Waals surface area (Å²) in [7, 11) is 1.55. The summed E-state index contributed by atoms with van der Waals surface area (Å²) in [6.45, 7) is 2.47. The molecule has 0 unspecified atom stereocenters. The fourth-order valence-electron chi connectivity index (χ4n) is 3.54. The first kappa shape index (κ1) is 23.5. The average molecular weight is 469 g/mol. The van der Waals surface area contributed by atoms with E-state index in [4.69, 9.17) is 12.2 Å². The number of carbonyl (C=O) groups is 1. The van der Waals surface area contributed by atoms with Gasteiger partial charge in [-0.25, -0.2) is 0 Å². The summed E-state index contributed by atoms with van der Waals surface area (Å²) in [5.41, 5.74) is -0.255. The maximum Gasteiger partial charge on any atom is 0.416 e. The minimum atomic E-state index is -4.47. The molecule has 1 saturated heterocycles. The van der Waals surface area contributed by atoms with E-state index in [-0.39, 0.29) is 22.4 Å². The Morgan fingerprint density at radius 1 is 1.28 bits per heavy atom. The van der Waals surface area contributed by atoms with Crippen LogP contribution >= 0.6 is 12.2 Å². The number of likely N-dealkylation sites (tertiary alicyclic amines) is 1. The second-order valence-electron chi connectivity index (χ2n) is 7.29. The van der Waals surface area contributed by atoms with Crippen molar-refractivity contribution in [1.82, 2.24) is 14.7 Å². The highest BCUT2D eigenvalue weighted by molar-refractivity contribution is 7.80. The third-order valence-corrected chi connectivity index (χ3v) is 5.65. The number of piperidine rings is 1. The Kier molecular flexibility index (Phi) is 6.72. The van der Waals surface area contributed by atoms with E-state index in [2.05, 4.69) is 10.2 Å². The number of benzene rings is 1. The lowest BCUT2D eigenvalue weighted by molar-refractivity contribution is -0.143. The summed E-state index contributed by atoms with van der Waals surface area (Å²) >= 11 is 5.54. The Balaban J connectivity index is 1.90. The van der Waals surface area contributed by atoms with E-state index in [1.807, 2.05) is 0 Å². The molecule has 0 bridgehead atoms. The van der Waals surface area contributed by atoms with Crippen LogP contribution in [0.3, 0.4) is 0 Å². The van der Waals surface area contributed by atoms with E-state index < -0.39 is 23.6 Å². The first-order valence-electron chi connectivity index (χ1n) is 9.78. The lowest BCUT2D eigenvalue weighted by Crippen LogP contribution is -2.46. The number of hydrogen-bond donors (Lipinski definition) is 2. The predicted octanol–water partition coefficient (Wildman–Crippen LogP) is 3.71. The number of halogens is 3. The molecule has 1 aliphatic heterocycles. The average Bonchev–Trinajstić information content (AvgIpc) is 3.04. The Morgan fingerprint density at radius 3 is 2.38 bits per heavy atom. The molecule has 2 heterocycles. The zero-order chi connectivity index (χ0) is 23.6. The van der Waals surface area contributed by atoms with Crippen molar-refractivity contribution in [1.29, 1.82) is 0 Å². The smallest absolute Gasteiger partial charge is 0.416 e. The molecule has 1 aliphatic rings. The third kappa shape index (κ3) is 4.69. The van der Waals surface area contributed by atoms with Gasteiger partial charge in [0.2, 0.25) is 5.82 Å². The number of nitrogens with zero attached hydrogens (tertiary/aromatic N) is 5. The maximum atomic E-state index is 12.9. The largest absolute Gasteiger partial charge is 0.503 e. The summed E-state index contributed by atoms with van der Waals surface area (Å²) in [5, 5.41) is 30.0. The Morgan fingerprint density at radius 2 is 1.88 bits per heavy atom. The van der Waals surface area contributed by atoms with Crippen molar-refractivity contribution < 1.29 is 28.2 Å². The van der Waals surface area contributed by atoms with Gasteiger partial charge in [-0.15, -0.1) is 5.10 Å². The van der Waals surface area contributed by atoms with Crippen LogP contribution in [-0.4, -0.2) is 55.3 Å². The summed E-state index contributed by atoms with van der Waals surface area (Å²) in [6.07, 6.45) is -2.17. The van der Waals surface area contributed by atoms with Crippen LogP contribution in [0.4, 0.5) is 19.0 Å². The number of hydrogen-bond acceptors (Lipinski definition) is 5. The number of carboxylic acid groups (broad SMARTS) is 1. The molecule has 0 spiro atoms. The van der Waals surface area contributed by atoms with E-state index in [1.165, 1.54) is 28.0 Å². The van der Waals surface area contributed by atoms with Gasteiger partial charge in [0, 0.05) is 31.9 Å². The molecule has 1 aromatic carbocycles. The number of aromatic nitrogens is 2. The second kappa shape index (κ2) is 9.15. The summed E-state index contributed by atoms with van der Waals surface area (Å²) in [5.74, 6) is -1.55. The number of carboxylic acids is 1. The molecule has 2 aromatic rings. The van der Waals surface area contributed by atoms with Crippen LogP contribution < -0.4 is 5.01 Å². The molecule has 8 nitrogen and oxygen atoms in total. The first-order chi connectivity index (χ1) is 15.0. The molecule has 3 rings (SSSR count). The van der Waals surface area contributed by atoms with E-state index in [0.717, 1.165) is 12.1 Å². The van der Waals surface area contributed by atoms with Crippen LogP contribution in [0.5, 0.6) is 5.75 Å². The van der Waals surface area contributed by atoms with Gasteiger partial charge in [0.1, 0.15) is 5.69 Å². The number of hydrazone groups is 1. The number of aromatic hydroxyl groups is 1. The van der Waals surface area contributed by atoms with Crippen LogP contribution in [-0.2, 0) is 18.0 Å². The highest BCUT2D eigenvalue weighted by Gasteiger charge is 2.32. The van der Waals surface area contributed by atoms with Gasteiger partial charge in [0.05, 0.1) is 11.5 Å². The van der Waals surface area contributed by atoms with Gasteiger partial charge >= 0.3 is 12.1 Å². The maximum absolute atomic E-state index is 12.9. The van der Waals surface area contributed by atoms with Gasteiger partial charge in [-0.1, -0.05) is 12.1 Å². The van der Waals surface area contributed by atoms with E-state index in [9.17, 15) is 28.2 Å². The minimum Gasteiger partial charge on any atom is -0.503 e. The van der Waals surface area contributed by atoms with Gasteiger partial charge in [0.25, 0.3) is 0 Å². The van der Waals surface area contributed by atoms with Gasteiger partial charge in [-0.3, -0.25) is 9.48 Å². The number of rotatable bonds is 4. The van der Waals surface area contributed by atoms with Crippen LogP contribution in [0.15, 0.2) is 29.4 Å². The normalized spacial score (nSPS) is 15.3. The van der Waals surface area contributed by atoms with E-state index >= 15 is 0 Å². The minimum absolute atomic E-state index is 0.0193. The molecular formula is C20H22F3N5O3S. The molecule has 0 radical (unpaired) electrons. The second-order valence-corrected chi connectivity index (χ2v) is 7.65. The molecule has 0 atom stereocenters. The van der Waals surface area contributed by atoms with Crippen LogP contribution in [0.25, 0.3) is 11.3 Å². The molecular weight excluding hydrogens is 447 g/mol. The monoisotopic (exact) mass is 469 g/mol. The Hall–Kier alpha value is -3.15. The lowest BCUT2D eigenvalue weighted by atomic mass is 9.97. The van der Waals surface area contributed by atoms with Gasteiger partial charge in [-0.2, -0.15) is 23.3 Å². The molecule has 1 fully saturated rings. The molecule has 172 valence electrons. The van der Waals surface area contributed by atoms with Crippen molar-refractivity contribution in [3.63, 3.8) is 0 Å². The van der Waals surface area contributed by atoms with Crippen LogP contribution in [0.1, 0.15) is 25.3 Å². The lowest BCUT2D eigenvalue weighted by Gasteiger charge is -2.34. The van der Waals surface area contributed by atoms with Gasteiger partial charge in [0.15, 0.2) is 10.9 Å². The first-order valence-corrected chi connectivity index (χ1v) is 10.2. The topological polar surface area (TPSA) is 94.2 Å². The number of alkyl halides is 3. The summed E-state index contributed by atoms with van der Waals surface area (Å²) in [6, 6.07) is 4.37. The number of thiocarbonyl (C=S) groups is 1. The molecule has 0 amide bonds. The van der Waals surface area contributed by atoms with Crippen molar-refractivity contribution in [2.24, 2.45) is 18.1 Å². The zero-order valence-corrected chi connectivity index (χ0v) is 18.2. The summed E-state index contributed by atoms with van der Waals surface area (Å²) < 4.78 is 39.9.